The van der Waals surface area contributed by atoms with Crippen LogP contribution in [0.3, 0.4) is 0 Å². The van der Waals surface area contributed by atoms with E-state index in [-0.39, 0.29) is 38.2 Å². The largest absolute Gasteiger partial charge is 0.481 e. The second-order valence-corrected chi connectivity index (χ2v) is 10.5. The van der Waals surface area contributed by atoms with Crippen LogP contribution in [0.2, 0.25) is 0 Å². The first-order valence-electron chi connectivity index (χ1n) is 14.5. The number of nitrogens with zero attached hydrogens (tertiary/aromatic N) is 1. The van der Waals surface area contributed by atoms with Gasteiger partial charge in [0, 0.05) is 13.0 Å². The third-order valence-electron chi connectivity index (χ3n) is 6.76. The molecule has 0 spiro atoms. The first-order chi connectivity index (χ1) is 20.7. The maximum atomic E-state index is 13.1. The van der Waals surface area contributed by atoms with Crippen LogP contribution in [0.25, 0.3) is 0 Å². The van der Waals surface area contributed by atoms with Crippen LogP contribution in [0.1, 0.15) is 64.4 Å². The van der Waals surface area contributed by atoms with Gasteiger partial charge in [0.1, 0.15) is 12.1 Å². The Kier molecular flexibility index (Phi) is 16.7. The van der Waals surface area contributed by atoms with Gasteiger partial charge in [0.05, 0.1) is 24.4 Å². The Bertz CT molecular complexity index is 1160. The van der Waals surface area contributed by atoms with Gasteiger partial charge in [-0.3, -0.25) is 33.8 Å². The van der Waals surface area contributed by atoms with Gasteiger partial charge in [0.15, 0.2) is 11.7 Å². The minimum Gasteiger partial charge on any atom is -0.481 e. The summed E-state index contributed by atoms with van der Waals surface area (Å²) in [6.07, 6.45) is 0.984. The van der Waals surface area contributed by atoms with E-state index in [1.165, 1.54) is 6.92 Å². The monoisotopic (exact) mass is 619 g/mol. The van der Waals surface area contributed by atoms with Crippen LogP contribution in [0.5, 0.6) is 0 Å². The minimum absolute atomic E-state index is 0.0921. The van der Waals surface area contributed by atoms with Gasteiger partial charge in [-0.1, -0.05) is 50.1 Å². The quantitative estimate of drug-likeness (QED) is 0.0489. The number of carbonyl (C=O) groups is 6. The van der Waals surface area contributed by atoms with Gasteiger partial charge in [0.25, 0.3) is 0 Å². The highest BCUT2D eigenvalue weighted by Crippen LogP contribution is 2.15. The number of aliphatic carboxylic acids is 2. The lowest BCUT2D eigenvalue weighted by Gasteiger charge is -2.24. The molecule has 1 aromatic carbocycles. The zero-order valence-electron chi connectivity index (χ0n) is 25.2. The molecule has 0 saturated carbocycles. The SMILES string of the molecule is CCCC[C@H](NC(=O)[C@@H](N)CCCN=C(N)N)C(=O)N[C@@H](CC(=O)O)C(=O)N[C@@H](C)C(=O)CC(Cc1ccccc1)C(=O)O. The van der Waals surface area contributed by atoms with Crippen LogP contribution >= 0.6 is 0 Å². The van der Waals surface area contributed by atoms with E-state index in [9.17, 15) is 39.0 Å². The number of carboxylic acids is 2. The number of hydrogen-bond donors (Lipinski definition) is 8. The summed E-state index contributed by atoms with van der Waals surface area (Å²) < 4.78 is 0. The third-order valence-corrected chi connectivity index (χ3v) is 6.76. The molecule has 0 fully saturated rings. The van der Waals surface area contributed by atoms with E-state index in [0.717, 1.165) is 5.56 Å². The van der Waals surface area contributed by atoms with Crippen molar-refractivity contribution in [1.29, 1.82) is 0 Å². The number of nitrogens with one attached hydrogen (secondary N) is 3. The number of aliphatic imine (C=N–C) groups is 1. The second-order valence-electron chi connectivity index (χ2n) is 10.5. The molecule has 1 rings (SSSR count). The smallest absolute Gasteiger partial charge is 0.307 e. The summed E-state index contributed by atoms with van der Waals surface area (Å²) in [4.78, 5) is 78.7. The molecule has 0 aliphatic heterocycles. The highest BCUT2D eigenvalue weighted by Gasteiger charge is 2.31. The Morgan fingerprint density at radius 3 is 2.02 bits per heavy atom. The van der Waals surface area contributed by atoms with E-state index in [1.807, 2.05) is 6.92 Å². The van der Waals surface area contributed by atoms with Crippen LogP contribution in [0.15, 0.2) is 35.3 Å². The summed E-state index contributed by atoms with van der Waals surface area (Å²) in [5, 5.41) is 26.3. The third kappa shape index (κ3) is 14.6. The van der Waals surface area contributed by atoms with Crippen molar-refractivity contribution in [1.82, 2.24) is 16.0 Å². The molecule has 1 unspecified atom stereocenters. The molecule has 0 heterocycles. The van der Waals surface area contributed by atoms with E-state index in [4.69, 9.17) is 17.2 Å². The fraction of sp³-hybridized carbons (Fsp3) is 0.552. The van der Waals surface area contributed by atoms with Crippen molar-refractivity contribution in [3.63, 3.8) is 0 Å². The van der Waals surface area contributed by atoms with E-state index >= 15 is 0 Å². The van der Waals surface area contributed by atoms with Gasteiger partial charge in [-0.25, -0.2) is 0 Å². The van der Waals surface area contributed by atoms with Gasteiger partial charge in [-0.15, -0.1) is 0 Å². The number of guanidine groups is 1. The molecule has 0 saturated heterocycles. The predicted molar refractivity (Wildman–Crippen MR) is 162 cm³/mol. The molecule has 15 heteroatoms. The summed E-state index contributed by atoms with van der Waals surface area (Å²) in [7, 11) is 0. The van der Waals surface area contributed by atoms with E-state index in [0.29, 0.717) is 19.3 Å². The Morgan fingerprint density at radius 2 is 1.45 bits per heavy atom. The van der Waals surface area contributed by atoms with Crippen LogP contribution in [0, 0.1) is 5.92 Å². The van der Waals surface area contributed by atoms with Crippen molar-refractivity contribution in [2.45, 2.75) is 89.4 Å². The van der Waals surface area contributed by atoms with Crippen LogP contribution in [-0.4, -0.2) is 82.3 Å². The number of carboxylic acid groups (broad SMARTS) is 2. The average Bonchev–Trinajstić information content (AvgIpc) is 2.96. The summed E-state index contributed by atoms with van der Waals surface area (Å²) in [6.45, 7) is 3.49. The molecule has 244 valence electrons. The Labute approximate surface area is 256 Å². The highest BCUT2D eigenvalue weighted by molar-refractivity contribution is 5.97. The molecule has 0 bridgehead atoms. The van der Waals surface area contributed by atoms with Gasteiger partial charge in [-0.2, -0.15) is 0 Å². The Morgan fingerprint density at radius 1 is 0.841 bits per heavy atom. The van der Waals surface area contributed by atoms with Crippen LogP contribution < -0.4 is 33.2 Å². The topological polar surface area (TPSA) is 269 Å². The van der Waals surface area contributed by atoms with Gasteiger partial charge in [-0.05, 0) is 38.2 Å². The van der Waals surface area contributed by atoms with Crippen LogP contribution in [0.4, 0.5) is 0 Å². The van der Waals surface area contributed by atoms with Gasteiger partial charge < -0.3 is 43.4 Å². The van der Waals surface area contributed by atoms with E-state index in [2.05, 4.69) is 20.9 Å². The number of hydrogen-bond acceptors (Lipinski definition) is 8. The lowest BCUT2D eigenvalue weighted by molar-refractivity contribution is -0.144. The molecule has 3 amide bonds. The molecule has 5 atom stereocenters. The number of amides is 3. The first-order valence-corrected chi connectivity index (χ1v) is 14.5. The molecule has 1 aromatic rings. The average molecular weight is 620 g/mol. The van der Waals surface area contributed by atoms with Crippen molar-refractivity contribution in [2.75, 3.05) is 6.54 Å². The van der Waals surface area contributed by atoms with Crippen molar-refractivity contribution in [3.05, 3.63) is 35.9 Å². The molecular formula is C29H45N7O8. The highest BCUT2D eigenvalue weighted by atomic mass is 16.4. The minimum atomic E-state index is -1.58. The molecule has 0 aromatic heterocycles. The number of benzene rings is 1. The fourth-order valence-corrected chi connectivity index (χ4v) is 4.22. The molecule has 44 heavy (non-hydrogen) atoms. The van der Waals surface area contributed by atoms with Gasteiger partial charge in [0.2, 0.25) is 17.7 Å². The molecule has 11 N–H and O–H groups in total. The maximum absolute atomic E-state index is 13.1. The summed E-state index contributed by atoms with van der Waals surface area (Å²) in [5.41, 5.74) is 17.2. The van der Waals surface area contributed by atoms with Crippen molar-refractivity contribution >= 4 is 41.4 Å². The number of unbranched alkanes of at least 4 members (excludes halogenated alkanes) is 1. The maximum Gasteiger partial charge on any atom is 0.307 e. The summed E-state index contributed by atoms with van der Waals surface area (Å²) in [6, 6.07) is 3.94. The first kappa shape index (κ1) is 37.5. The lowest BCUT2D eigenvalue weighted by Crippen LogP contribution is -2.57. The molecule has 15 nitrogen and oxygen atoms in total. The molecule has 0 aliphatic carbocycles. The zero-order valence-corrected chi connectivity index (χ0v) is 25.2. The lowest BCUT2D eigenvalue weighted by atomic mass is 9.92. The molecular weight excluding hydrogens is 574 g/mol. The van der Waals surface area contributed by atoms with Crippen molar-refractivity contribution in [3.8, 4) is 0 Å². The summed E-state index contributed by atoms with van der Waals surface area (Å²) in [5.74, 6) is -6.65. The standard InChI is InChI=1S/C29H45N7O8/c1-3-4-12-21(35-25(40)20(30)11-8-13-33-29(31)32)26(41)36-22(16-24(38)39)27(42)34-17(2)23(37)15-19(28(43)44)14-18-9-6-5-7-10-18/h5-7,9-10,17,19-22H,3-4,8,11-16,30H2,1-2H3,(H,34,42)(H,35,40)(H,36,41)(H,38,39)(H,43,44)(H4,31,32,33)/t17-,19?,20-,21-,22-/m0/s1. The number of rotatable bonds is 21. The molecule has 0 aliphatic rings. The summed E-state index contributed by atoms with van der Waals surface area (Å²) >= 11 is 0. The Balaban J connectivity index is 2.89. The van der Waals surface area contributed by atoms with Crippen molar-refractivity contribution < 1.29 is 39.0 Å². The zero-order chi connectivity index (χ0) is 33.2. The molecule has 0 radical (unpaired) electrons. The van der Waals surface area contributed by atoms with E-state index < -0.39 is 71.9 Å². The van der Waals surface area contributed by atoms with Crippen LogP contribution in [-0.2, 0) is 35.2 Å². The van der Waals surface area contributed by atoms with Crippen molar-refractivity contribution in [2.24, 2.45) is 28.1 Å². The predicted octanol–water partition coefficient (Wildman–Crippen LogP) is -0.591. The van der Waals surface area contributed by atoms with E-state index in [1.54, 1.807) is 30.3 Å². The number of nitrogens with two attached hydrogens (primary N) is 3. The number of ketones is 1. The Hall–Kier alpha value is -4.53. The fourth-order valence-electron chi connectivity index (χ4n) is 4.22. The number of carbonyl (C=O) groups excluding carboxylic acids is 4. The normalized spacial score (nSPS) is 14.2. The second kappa shape index (κ2) is 19.6. The number of Topliss-reactive ketones (excluding diaryl/α,β-unsaturated/α-hetero) is 1. The van der Waals surface area contributed by atoms with Gasteiger partial charge >= 0.3 is 11.9 Å².